The van der Waals surface area contributed by atoms with E-state index < -0.39 is 0 Å². The van der Waals surface area contributed by atoms with Gasteiger partial charge in [-0.25, -0.2) is 4.98 Å². The van der Waals surface area contributed by atoms with Crippen LogP contribution in [0.3, 0.4) is 0 Å². The minimum Gasteiger partial charge on any atom is -0.508 e. The molecule has 4 heteroatoms. The molecular weight excluding hydrogens is 292 g/mol. The maximum Gasteiger partial charge on any atom is 0.117 e. The largest absolute Gasteiger partial charge is 0.508 e. The van der Waals surface area contributed by atoms with Gasteiger partial charge in [-0.3, -0.25) is 0 Å². The second-order valence-electron chi connectivity index (χ2n) is 4.19. The summed E-state index contributed by atoms with van der Waals surface area (Å²) in [5.74, 6) is 1.15. The number of imidazole rings is 1. The van der Waals surface area contributed by atoms with Gasteiger partial charge in [-0.2, -0.15) is 0 Å². The monoisotopic (exact) mass is 302 g/mol. The number of rotatable bonds is 2. The van der Waals surface area contributed by atoms with Gasteiger partial charge in [0.1, 0.15) is 11.6 Å². The molecule has 2 N–H and O–H groups in total. The van der Waals surface area contributed by atoms with Gasteiger partial charge in [0.05, 0.1) is 11.0 Å². The number of benzene rings is 2. The van der Waals surface area contributed by atoms with Crippen molar-refractivity contribution in [2.45, 2.75) is 6.42 Å². The Labute approximate surface area is 113 Å². The van der Waals surface area contributed by atoms with E-state index in [0.717, 1.165) is 27.8 Å². The Hall–Kier alpha value is -1.81. The average Bonchev–Trinajstić information content (AvgIpc) is 2.70. The lowest BCUT2D eigenvalue weighted by atomic mass is 10.1. The Morgan fingerprint density at radius 2 is 2.06 bits per heavy atom. The van der Waals surface area contributed by atoms with Crippen LogP contribution in [0.2, 0.25) is 0 Å². The minimum atomic E-state index is 0.250. The molecule has 90 valence electrons. The first-order valence-corrected chi connectivity index (χ1v) is 6.42. The van der Waals surface area contributed by atoms with Crippen LogP contribution in [0.5, 0.6) is 5.75 Å². The molecule has 3 nitrogen and oxygen atoms in total. The molecule has 3 aromatic rings. The number of phenolic OH excluding ortho intramolecular Hbond substituents is 1. The maximum atomic E-state index is 9.41. The Morgan fingerprint density at radius 3 is 2.89 bits per heavy atom. The van der Waals surface area contributed by atoms with E-state index in [2.05, 4.69) is 38.0 Å². The van der Waals surface area contributed by atoms with E-state index in [9.17, 15) is 5.11 Å². The van der Waals surface area contributed by atoms with Crippen LogP contribution >= 0.6 is 15.9 Å². The van der Waals surface area contributed by atoms with E-state index >= 15 is 0 Å². The van der Waals surface area contributed by atoms with Crippen LogP contribution in [-0.2, 0) is 6.42 Å². The van der Waals surface area contributed by atoms with E-state index in [1.807, 2.05) is 18.2 Å². The molecule has 1 aromatic heterocycles. The summed E-state index contributed by atoms with van der Waals surface area (Å²) in [4.78, 5) is 7.71. The molecular formula is C14H11BrN2O. The molecule has 1 heterocycles. The molecule has 0 bridgehead atoms. The van der Waals surface area contributed by atoms with Gasteiger partial charge < -0.3 is 10.1 Å². The van der Waals surface area contributed by atoms with Crippen LogP contribution in [0, 0.1) is 0 Å². The second kappa shape index (κ2) is 4.46. The zero-order valence-corrected chi connectivity index (χ0v) is 11.1. The van der Waals surface area contributed by atoms with E-state index in [-0.39, 0.29) is 5.75 Å². The van der Waals surface area contributed by atoms with E-state index in [1.165, 1.54) is 5.56 Å². The van der Waals surface area contributed by atoms with Crippen LogP contribution in [-0.4, -0.2) is 15.1 Å². The van der Waals surface area contributed by atoms with E-state index in [1.54, 1.807) is 12.1 Å². The number of nitrogens with zero attached hydrogens (tertiary/aromatic N) is 1. The van der Waals surface area contributed by atoms with Gasteiger partial charge in [0.25, 0.3) is 0 Å². The summed E-state index contributed by atoms with van der Waals surface area (Å²) in [6.45, 7) is 0. The number of halogens is 1. The lowest BCUT2D eigenvalue weighted by molar-refractivity contribution is 0.476. The summed E-state index contributed by atoms with van der Waals surface area (Å²) in [7, 11) is 0. The number of H-pyrrole nitrogens is 1. The molecule has 0 saturated carbocycles. The summed E-state index contributed by atoms with van der Waals surface area (Å²) in [6, 6.07) is 13.3. The number of aromatic amines is 1. The molecule has 2 aromatic carbocycles. The smallest absolute Gasteiger partial charge is 0.117 e. The van der Waals surface area contributed by atoms with Crippen molar-refractivity contribution in [1.29, 1.82) is 0 Å². The van der Waals surface area contributed by atoms with Crippen LogP contribution < -0.4 is 0 Å². The highest BCUT2D eigenvalue weighted by molar-refractivity contribution is 9.10. The molecule has 3 rings (SSSR count). The minimum absolute atomic E-state index is 0.250. The third-order valence-electron chi connectivity index (χ3n) is 2.78. The average molecular weight is 303 g/mol. The zero-order valence-electron chi connectivity index (χ0n) is 9.52. The van der Waals surface area contributed by atoms with Crippen LogP contribution in [0.1, 0.15) is 11.4 Å². The molecule has 0 spiro atoms. The normalized spacial score (nSPS) is 10.9. The maximum absolute atomic E-state index is 9.41. The Bertz CT molecular complexity index is 706. The number of hydrogen-bond acceptors (Lipinski definition) is 2. The first kappa shape index (κ1) is 11.3. The van der Waals surface area contributed by atoms with Gasteiger partial charge >= 0.3 is 0 Å². The molecule has 0 aliphatic heterocycles. The van der Waals surface area contributed by atoms with Crippen molar-refractivity contribution in [1.82, 2.24) is 9.97 Å². The highest BCUT2D eigenvalue weighted by Gasteiger charge is 2.04. The highest BCUT2D eigenvalue weighted by Crippen LogP contribution is 2.19. The van der Waals surface area contributed by atoms with Gasteiger partial charge in [0.2, 0.25) is 0 Å². The summed E-state index contributed by atoms with van der Waals surface area (Å²) in [5.41, 5.74) is 2.92. The van der Waals surface area contributed by atoms with E-state index in [4.69, 9.17) is 0 Å². The summed E-state index contributed by atoms with van der Waals surface area (Å²) >= 11 is 3.46. The van der Waals surface area contributed by atoms with Crippen molar-refractivity contribution in [3.8, 4) is 5.75 Å². The van der Waals surface area contributed by atoms with Gasteiger partial charge in [0.15, 0.2) is 0 Å². The molecule has 0 atom stereocenters. The predicted molar refractivity (Wildman–Crippen MR) is 74.7 cm³/mol. The van der Waals surface area contributed by atoms with Gasteiger partial charge in [-0.1, -0.05) is 28.1 Å². The zero-order chi connectivity index (χ0) is 12.5. The van der Waals surface area contributed by atoms with Gasteiger partial charge in [0, 0.05) is 17.0 Å². The van der Waals surface area contributed by atoms with Gasteiger partial charge in [-0.15, -0.1) is 0 Å². The van der Waals surface area contributed by atoms with Crippen molar-refractivity contribution in [2.75, 3.05) is 0 Å². The molecule has 18 heavy (non-hydrogen) atoms. The number of hydrogen-bond donors (Lipinski definition) is 2. The number of aromatic nitrogens is 2. The first-order valence-electron chi connectivity index (χ1n) is 5.63. The lowest BCUT2D eigenvalue weighted by Crippen LogP contribution is -1.90. The van der Waals surface area contributed by atoms with Crippen LogP contribution in [0.15, 0.2) is 46.9 Å². The first-order chi connectivity index (χ1) is 8.70. The van der Waals surface area contributed by atoms with Crippen molar-refractivity contribution < 1.29 is 5.11 Å². The van der Waals surface area contributed by atoms with Crippen molar-refractivity contribution in [3.05, 3.63) is 58.3 Å². The number of nitrogens with one attached hydrogen (secondary N) is 1. The van der Waals surface area contributed by atoms with Crippen molar-refractivity contribution in [3.63, 3.8) is 0 Å². The second-order valence-corrected chi connectivity index (χ2v) is 5.11. The van der Waals surface area contributed by atoms with Gasteiger partial charge in [-0.05, 0) is 29.8 Å². The highest BCUT2D eigenvalue weighted by atomic mass is 79.9. The molecule has 0 aliphatic rings. The molecule has 0 aliphatic carbocycles. The van der Waals surface area contributed by atoms with Crippen molar-refractivity contribution in [2.24, 2.45) is 0 Å². The quantitative estimate of drug-likeness (QED) is 0.759. The third kappa shape index (κ3) is 2.24. The number of fused-ring (bicyclic) bond motifs is 1. The molecule has 0 fully saturated rings. The fourth-order valence-electron chi connectivity index (χ4n) is 1.97. The van der Waals surface area contributed by atoms with Crippen LogP contribution in [0.4, 0.5) is 0 Å². The lowest BCUT2D eigenvalue weighted by Gasteiger charge is -1.98. The summed E-state index contributed by atoms with van der Waals surface area (Å²) < 4.78 is 1.06. The predicted octanol–water partition coefficient (Wildman–Crippen LogP) is 3.62. The van der Waals surface area contributed by atoms with Crippen LogP contribution in [0.25, 0.3) is 11.0 Å². The standard InChI is InChI=1S/C14H11BrN2O/c15-10-3-1-2-9(6-10)7-14-16-12-5-4-11(18)8-13(12)17-14/h1-6,8,18H,7H2,(H,16,17). The fourth-order valence-corrected chi connectivity index (χ4v) is 2.42. The topological polar surface area (TPSA) is 48.9 Å². The van der Waals surface area contributed by atoms with E-state index in [0.29, 0.717) is 0 Å². The molecule has 0 amide bonds. The molecule has 0 saturated heterocycles. The Balaban J connectivity index is 1.95. The molecule has 0 radical (unpaired) electrons. The Kier molecular flexibility index (Phi) is 2.80. The third-order valence-corrected chi connectivity index (χ3v) is 3.27. The summed E-state index contributed by atoms with van der Waals surface area (Å²) in [5, 5.41) is 9.41. The SMILES string of the molecule is Oc1ccc2nc(Cc3cccc(Br)c3)[nH]c2c1. The molecule has 0 unspecified atom stereocenters. The number of aromatic hydroxyl groups is 1. The summed E-state index contributed by atoms with van der Waals surface area (Å²) in [6.07, 6.45) is 0.745. The fraction of sp³-hybridized carbons (Fsp3) is 0.0714. The Morgan fingerprint density at radius 1 is 1.17 bits per heavy atom. The van der Waals surface area contributed by atoms with Crippen molar-refractivity contribution >= 4 is 27.0 Å². The number of phenols is 1.